The van der Waals surface area contributed by atoms with Crippen molar-refractivity contribution < 1.29 is 9.90 Å². The zero-order chi connectivity index (χ0) is 11.7. The van der Waals surface area contributed by atoms with Crippen molar-refractivity contribution >= 4 is 6.41 Å². The third-order valence-corrected chi connectivity index (χ3v) is 1.97. The quantitative estimate of drug-likeness (QED) is 0.695. The predicted molar refractivity (Wildman–Crippen MR) is 61.7 cm³/mol. The van der Waals surface area contributed by atoms with Crippen molar-refractivity contribution in [2.45, 2.75) is 20.8 Å². The molecule has 4 heteroatoms. The number of piperazine rings is 1. The normalized spacial score (nSPS) is 17.3. The molecule has 0 bridgehead atoms. The molecular weight excluding hydrogens is 192 g/mol. The maximum atomic E-state index is 10.3. The highest BCUT2D eigenvalue weighted by atomic mass is 16.3. The maximum absolute atomic E-state index is 10.3. The van der Waals surface area contributed by atoms with Gasteiger partial charge in [0.15, 0.2) is 0 Å². The highest BCUT2D eigenvalue weighted by molar-refractivity contribution is 5.47. The summed E-state index contributed by atoms with van der Waals surface area (Å²) in [6.07, 6.45) is 0.885. The lowest BCUT2D eigenvalue weighted by Crippen LogP contribution is -2.46. The number of hydrogen-bond acceptors (Lipinski definition) is 3. The lowest BCUT2D eigenvalue weighted by Gasteiger charge is -2.31. The van der Waals surface area contributed by atoms with Gasteiger partial charge in [0.2, 0.25) is 6.41 Å². The fraction of sp³-hybridized carbons (Fsp3) is 0.909. The molecule has 1 rings (SSSR count). The second kappa shape index (κ2) is 8.68. The molecule has 0 aromatic rings. The third-order valence-electron chi connectivity index (χ3n) is 1.97. The number of rotatable bonds is 3. The first kappa shape index (κ1) is 14.4. The number of carbonyl (C=O) groups is 1. The van der Waals surface area contributed by atoms with E-state index in [1.807, 2.05) is 0 Å². The number of aliphatic hydroxyl groups is 1. The monoisotopic (exact) mass is 216 g/mol. The van der Waals surface area contributed by atoms with Gasteiger partial charge in [-0.1, -0.05) is 20.8 Å². The number of hydrogen-bond donors (Lipinski definition) is 1. The molecule has 0 atom stereocenters. The highest BCUT2D eigenvalue weighted by Gasteiger charge is 2.13. The molecule has 0 spiro atoms. The van der Waals surface area contributed by atoms with Crippen LogP contribution >= 0.6 is 0 Å². The molecule has 0 aromatic heterocycles. The number of carbonyl (C=O) groups excluding carboxylic acids is 1. The molecule has 1 heterocycles. The number of amides is 1. The molecule has 1 amide bonds. The van der Waals surface area contributed by atoms with Gasteiger partial charge in [-0.15, -0.1) is 0 Å². The van der Waals surface area contributed by atoms with E-state index in [4.69, 9.17) is 5.11 Å². The molecule has 1 aliphatic rings. The third kappa shape index (κ3) is 8.39. The minimum Gasteiger partial charge on any atom is -0.395 e. The Kier molecular flexibility index (Phi) is 8.33. The van der Waals surface area contributed by atoms with Crippen molar-refractivity contribution in [2.75, 3.05) is 39.3 Å². The van der Waals surface area contributed by atoms with Crippen LogP contribution in [-0.4, -0.2) is 60.6 Å². The average Bonchev–Trinajstić information content (AvgIpc) is 2.19. The molecule has 0 saturated carbocycles. The molecule has 0 radical (unpaired) electrons. The van der Waals surface area contributed by atoms with Crippen LogP contribution in [0.15, 0.2) is 0 Å². The molecule has 1 N–H and O–H groups in total. The van der Waals surface area contributed by atoms with E-state index in [0.717, 1.165) is 45.1 Å². The van der Waals surface area contributed by atoms with Crippen LogP contribution in [0.2, 0.25) is 0 Å². The fourth-order valence-corrected chi connectivity index (χ4v) is 1.23. The molecule has 90 valence electrons. The molecule has 0 unspecified atom stereocenters. The van der Waals surface area contributed by atoms with E-state index in [-0.39, 0.29) is 6.61 Å². The van der Waals surface area contributed by atoms with Crippen LogP contribution in [0.1, 0.15) is 20.8 Å². The summed E-state index contributed by atoms with van der Waals surface area (Å²) in [5.41, 5.74) is 0. The van der Waals surface area contributed by atoms with Crippen LogP contribution in [0.5, 0.6) is 0 Å². The second-order valence-corrected chi connectivity index (χ2v) is 4.44. The molecule has 1 aliphatic heterocycles. The fourth-order valence-electron chi connectivity index (χ4n) is 1.23. The summed E-state index contributed by atoms with van der Waals surface area (Å²) < 4.78 is 0. The van der Waals surface area contributed by atoms with Crippen molar-refractivity contribution in [3.8, 4) is 0 Å². The van der Waals surface area contributed by atoms with Crippen molar-refractivity contribution in [2.24, 2.45) is 5.92 Å². The second-order valence-electron chi connectivity index (χ2n) is 4.44. The van der Waals surface area contributed by atoms with Gasteiger partial charge in [-0.25, -0.2) is 0 Å². The van der Waals surface area contributed by atoms with Crippen LogP contribution in [0.25, 0.3) is 0 Å². The van der Waals surface area contributed by atoms with Crippen LogP contribution in [-0.2, 0) is 4.79 Å². The molecule has 0 aliphatic carbocycles. The summed E-state index contributed by atoms with van der Waals surface area (Å²) in [4.78, 5) is 14.2. The first-order valence-corrected chi connectivity index (χ1v) is 5.62. The Labute approximate surface area is 92.9 Å². The summed E-state index contributed by atoms with van der Waals surface area (Å²) >= 11 is 0. The van der Waals surface area contributed by atoms with Crippen molar-refractivity contribution in [3.63, 3.8) is 0 Å². The molecule has 1 fully saturated rings. The topological polar surface area (TPSA) is 43.8 Å². The molecular formula is C11H24N2O2. The molecule has 0 aromatic carbocycles. The number of nitrogens with zero attached hydrogens (tertiary/aromatic N) is 2. The van der Waals surface area contributed by atoms with Gasteiger partial charge in [-0.2, -0.15) is 0 Å². The number of β-amino-alcohol motifs (C(OH)–C–C–N with tert-alkyl or cyclic N) is 1. The van der Waals surface area contributed by atoms with Gasteiger partial charge >= 0.3 is 0 Å². The SMILES string of the molecule is CC(C)C.O=CN1CCN(CCO)CC1. The van der Waals surface area contributed by atoms with Gasteiger partial charge in [0, 0.05) is 32.7 Å². The summed E-state index contributed by atoms with van der Waals surface area (Å²) in [6, 6.07) is 0. The van der Waals surface area contributed by atoms with E-state index < -0.39 is 0 Å². The lowest BCUT2D eigenvalue weighted by atomic mass is 10.3. The first-order chi connectivity index (χ1) is 7.10. The molecule has 4 nitrogen and oxygen atoms in total. The van der Waals surface area contributed by atoms with Gasteiger partial charge in [0.05, 0.1) is 6.61 Å². The summed E-state index contributed by atoms with van der Waals surface area (Å²) in [7, 11) is 0. The number of aliphatic hydroxyl groups excluding tert-OH is 1. The minimum absolute atomic E-state index is 0.209. The van der Waals surface area contributed by atoms with Crippen LogP contribution in [0, 0.1) is 5.92 Å². The zero-order valence-electron chi connectivity index (χ0n) is 10.1. The van der Waals surface area contributed by atoms with Crippen LogP contribution in [0.3, 0.4) is 0 Å². The van der Waals surface area contributed by atoms with Gasteiger partial charge in [-0.3, -0.25) is 9.69 Å². The smallest absolute Gasteiger partial charge is 0.209 e. The Morgan fingerprint density at radius 3 is 2.00 bits per heavy atom. The van der Waals surface area contributed by atoms with Gasteiger partial charge < -0.3 is 10.0 Å². The Balaban J connectivity index is 0.000000423. The standard InChI is InChI=1S/C7H14N2O2.C4H10/c10-6-5-8-1-3-9(7-11)4-2-8;1-4(2)3/h7,10H,1-6H2;4H,1-3H3. The van der Waals surface area contributed by atoms with E-state index in [9.17, 15) is 4.79 Å². The first-order valence-electron chi connectivity index (χ1n) is 5.62. The van der Waals surface area contributed by atoms with E-state index in [0.29, 0.717) is 0 Å². The van der Waals surface area contributed by atoms with Gasteiger partial charge in [0.1, 0.15) is 0 Å². The van der Waals surface area contributed by atoms with E-state index in [1.54, 1.807) is 4.90 Å². The average molecular weight is 216 g/mol. The Morgan fingerprint density at radius 1 is 1.20 bits per heavy atom. The Bertz CT molecular complexity index is 152. The van der Waals surface area contributed by atoms with E-state index in [1.165, 1.54) is 0 Å². The van der Waals surface area contributed by atoms with Crippen molar-refractivity contribution in [3.05, 3.63) is 0 Å². The van der Waals surface area contributed by atoms with Crippen LogP contribution < -0.4 is 0 Å². The maximum Gasteiger partial charge on any atom is 0.209 e. The Hall–Kier alpha value is -0.610. The van der Waals surface area contributed by atoms with Gasteiger partial charge in [-0.05, 0) is 5.92 Å². The van der Waals surface area contributed by atoms with Crippen LogP contribution in [0.4, 0.5) is 0 Å². The van der Waals surface area contributed by atoms with Gasteiger partial charge in [0.25, 0.3) is 0 Å². The zero-order valence-corrected chi connectivity index (χ0v) is 10.1. The molecule has 1 saturated heterocycles. The summed E-state index contributed by atoms with van der Waals surface area (Å²) in [5, 5.41) is 8.62. The summed E-state index contributed by atoms with van der Waals surface area (Å²) in [6.45, 7) is 10.8. The Morgan fingerprint density at radius 2 is 1.67 bits per heavy atom. The van der Waals surface area contributed by atoms with Crippen molar-refractivity contribution in [1.82, 2.24) is 9.80 Å². The summed E-state index contributed by atoms with van der Waals surface area (Å²) in [5.74, 6) is 0.833. The highest BCUT2D eigenvalue weighted by Crippen LogP contribution is 1.97. The lowest BCUT2D eigenvalue weighted by molar-refractivity contribution is -0.119. The largest absolute Gasteiger partial charge is 0.395 e. The van der Waals surface area contributed by atoms with E-state index in [2.05, 4.69) is 25.7 Å². The minimum atomic E-state index is 0.209. The molecule has 15 heavy (non-hydrogen) atoms. The van der Waals surface area contributed by atoms with E-state index >= 15 is 0 Å². The van der Waals surface area contributed by atoms with Crippen molar-refractivity contribution in [1.29, 1.82) is 0 Å². The predicted octanol–water partition coefficient (Wildman–Crippen LogP) is 0.415.